The molecule has 0 bridgehead atoms. The minimum absolute atomic E-state index is 0.327. The van der Waals surface area contributed by atoms with Crippen LogP contribution >= 0.6 is 0 Å². The molecule has 0 aliphatic heterocycles. The van der Waals surface area contributed by atoms with Gasteiger partial charge in [-0.15, -0.1) is 0 Å². The van der Waals surface area contributed by atoms with Gasteiger partial charge in [-0.25, -0.2) is 9.59 Å². The lowest BCUT2D eigenvalue weighted by atomic mass is 10.0. The van der Waals surface area contributed by atoms with Gasteiger partial charge in [0.2, 0.25) is 0 Å². The van der Waals surface area contributed by atoms with Crippen molar-refractivity contribution in [3.63, 3.8) is 0 Å². The number of carbonyl (C=O) groups is 2. The monoisotopic (exact) mass is 831 g/mol. The summed E-state index contributed by atoms with van der Waals surface area (Å²) in [5.41, 5.74) is 0.327. The maximum absolute atomic E-state index is 12.3. The lowest BCUT2D eigenvalue weighted by molar-refractivity contribution is -0.141. The SMILES string of the molecule is CCCCCCCCCCCCCCCCCCCCCCCCCOC(=O)C=C(C)C(=O)OCCCCCCCCCCCCCCCCCCCCCCCCC. The van der Waals surface area contributed by atoms with Gasteiger partial charge >= 0.3 is 11.9 Å². The first kappa shape index (κ1) is 57.7. The summed E-state index contributed by atoms with van der Waals surface area (Å²) in [6.07, 6.45) is 64.2. The Bertz CT molecular complexity index is 865. The molecule has 0 spiro atoms. The number of hydrogen-bond acceptors (Lipinski definition) is 4. The standard InChI is InChI=1S/C55H106O4/c1-4-6-8-10-12-14-16-18-20-22-24-26-28-30-32-34-36-38-40-42-44-46-48-50-58-54(56)52-53(3)55(57)59-51-49-47-45-43-41-39-37-35-33-31-29-27-25-23-21-19-17-15-13-11-9-7-5-2/h52H,4-51H2,1-3H3. The van der Waals surface area contributed by atoms with E-state index in [0.29, 0.717) is 18.8 Å². The highest BCUT2D eigenvalue weighted by Gasteiger charge is 2.09. The highest BCUT2D eigenvalue weighted by molar-refractivity contribution is 5.95. The zero-order valence-corrected chi connectivity index (χ0v) is 40.7. The number of carbonyl (C=O) groups excluding carboxylic acids is 2. The van der Waals surface area contributed by atoms with Crippen LogP contribution in [-0.4, -0.2) is 25.2 Å². The molecule has 0 radical (unpaired) electrons. The van der Waals surface area contributed by atoms with Crippen LogP contribution in [0.1, 0.15) is 316 Å². The largest absolute Gasteiger partial charge is 0.463 e. The Morgan fingerprint density at radius 2 is 0.475 bits per heavy atom. The molecule has 59 heavy (non-hydrogen) atoms. The zero-order chi connectivity index (χ0) is 42.8. The highest BCUT2D eigenvalue weighted by Crippen LogP contribution is 2.18. The molecule has 0 aromatic carbocycles. The Morgan fingerprint density at radius 3 is 0.695 bits per heavy atom. The van der Waals surface area contributed by atoms with E-state index in [4.69, 9.17) is 9.47 Å². The average Bonchev–Trinajstić information content (AvgIpc) is 3.23. The molecule has 4 nitrogen and oxygen atoms in total. The summed E-state index contributed by atoms with van der Waals surface area (Å²) in [5.74, 6) is -0.835. The summed E-state index contributed by atoms with van der Waals surface area (Å²) in [7, 11) is 0. The molecule has 0 saturated heterocycles. The van der Waals surface area contributed by atoms with E-state index in [-0.39, 0.29) is 0 Å². The molecule has 0 aromatic heterocycles. The topological polar surface area (TPSA) is 52.6 Å². The Labute approximate surface area is 370 Å². The second-order valence-corrected chi connectivity index (χ2v) is 18.7. The lowest BCUT2D eigenvalue weighted by Gasteiger charge is -2.06. The first-order valence-electron chi connectivity index (χ1n) is 27.1. The normalized spacial score (nSPS) is 11.7. The molecule has 0 aliphatic carbocycles. The predicted octanol–water partition coefficient (Wildman–Crippen LogP) is 19.0. The number of unbranched alkanes of at least 4 members (excludes halogenated alkanes) is 44. The predicted molar refractivity (Wildman–Crippen MR) is 259 cm³/mol. The van der Waals surface area contributed by atoms with Crippen LogP contribution in [0, 0.1) is 0 Å². The van der Waals surface area contributed by atoms with E-state index in [1.165, 1.54) is 276 Å². The minimum atomic E-state index is -0.433. The molecular weight excluding hydrogens is 725 g/mol. The van der Waals surface area contributed by atoms with Gasteiger partial charge in [0.1, 0.15) is 0 Å². The van der Waals surface area contributed by atoms with Crippen molar-refractivity contribution in [3.8, 4) is 0 Å². The van der Waals surface area contributed by atoms with E-state index >= 15 is 0 Å². The zero-order valence-electron chi connectivity index (χ0n) is 40.7. The Hall–Kier alpha value is -1.32. The molecule has 0 atom stereocenters. The van der Waals surface area contributed by atoms with E-state index in [0.717, 1.165) is 25.7 Å². The van der Waals surface area contributed by atoms with Crippen molar-refractivity contribution in [2.75, 3.05) is 13.2 Å². The number of esters is 2. The van der Waals surface area contributed by atoms with Crippen molar-refractivity contribution in [2.24, 2.45) is 0 Å². The minimum Gasteiger partial charge on any atom is -0.463 e. The molecular formula is C55H106O4. The summed E-state index contributed by atoms with van der Waals surface area (Å²) in [6.45, 7) is 7.09. The van der Waals surface area contributed by atoms with Gasteiger partial charge in [-0.1, -0.05) is 296 Å². The summed E-state index contributed by atoms with van der Waals surface area (Å²) in [4.78, 5) is 24.4. The van der Waals surface area contributed by atoms with Crippen LogP contribution in [0.3, 0.4) is 0 Å². The maximum atomic E-state index is 12.3. The fourth-order valence-corrected chi connectivity index (χ4v) is 8.50. The average molecular weight is 831 g/mol. The first-order chi connectivity index (χ1) is 29.1. The highest BCUT2D eigenvalue weighted by atomic mass is 16.5. The van der Waals surface area contributed by atoms with Gasteiger partial charge in [-0.2, -0.15) is 0 Å². The van der Waals surface area contributed by atoms with E-state index < -0.39 is 11.9 Å². The van der Waals surface area contributed by atoms with Gasteiger partial charge in [-0.05, 0) is 19.8 Å². The summed E-state index contributed by atoms with van der Waals surface area (Å²) in [6, 6.07) is 0. The Morgan fingerprint density at radius 1 is 0.288 bits per heavy atom. The van der Waals surface area contributed by atoms with Crippen LogP contribution in [0.15, 0.2) is 11.6 Å². The molecule has 0 N–H and O–H groups in total. The quantitative estimate of drug-likeness (QED) is 0.0348. The van der Waals surface area contributed by atoms with E-state index in [9.17, 15) is 9.59 Å². The summed E-state index contributed by atoms with van der Waals surface area (Å²) in [5, 5.41) is 0. The second kappa shape index (κ2) is 51.0. The van der Waals surface area contributed by atoms with Gasteiger partial charge in [0.25, 0.3) is 0 Å². The summed E-state index contributed by atoms with van der Waals surface area (Å²) < 4.78 is 10.7. The van der Waals surface area contributed by atoms with Gasteiger partial charge in [0.05, 0.1) is 13.2 Å². The van der Waals surface area contributed by atoms with Crippen LogP contribution in [-0.2, 0) is 19.1 Å². The fraction of sp³-hybridized carbons (Fsp3) is 0.927. The summed E-state index contributed by atoms with van der Waals surface area (Å²) >= 11 is 0. The van der Waals surface area contributed by atoms with E-state index in [1.807, 2.05) is 0 Å². The van der Waals surface area contributed by atoms with Gasteiger partial charge in [0, 0.05) is 11.6 Å². The van der Waals surface area contributed by atoms with Crippen molar-refractivity contribution >= 4 is 11.9 Å². The molecule has 0 heterocycles. The van der Waals surface area contributed by atoms with Crippen LogP contribution in [0.25, 0.3) is 0 Å². The first-order valence-corrected chi connectivity index (χ1v) is 27.1. The molecule has 350 valence electrons. The van der Waals surface area contributed by atoms with Gasteiger partial charge in [-0.3, -0.25) is 0 Å². The molecule has 0 aromatic rings. The van der Waals surface area contributed by atoms with Crippen molar-refractivity contribution in [1.82, 2.24) is 0 Å². The van der Waals surface area contributed by atoms with Crippen LogP contribution in [0.4, 0.5) is 0 Å². The van der Waals surface area contributed by atoms with Gasteiger partial charge < -0.3 is 9.47 Å². The lowest BCUT2D eigenvalue weighted by Crippen LogP contribution is -2.10. The third-order valence-corrected chi connectivity index (χ3v) is 12.6. The van der Waals surface area contributed by atoms with Crippen LogP contribution in [0.2, 0.25) is 0 Å². The fourth-order valence-electron chi connectivity index (χ4n) is 8.50. The Kier molecular flexibility index (Phi) is 49.9. The van der Waals surface area contributed by atoms with Crippen LogP contribution < -0.4 is 0 Å². The molecule has 4 heteroatoms. The molecule has 0 fully saturated rings. The van der Waals surface area contributed by atoms with E-state index in [1.54, 1.807) is 6.92 Å². The molecule has 0 amide bonds. The molecule has 0 saturated carbocycles. The van der Waals surface area contributed by atoms with E-state index in [2.05, 4.69) is 13.8 Å². The molecule has 0 unspecified atom stereocenters. The number of rotatable bonds is 50. The maximum Gasteiger partial charge on any atom is 0.333 e. The second-order valence-electron chi connectivity index (χ2n) is 18.7. The third kappa shape index (κ3) is 49.2. The number of hydrogen-bond donors (Lipinski definition) is 0. The van der Waals surface area contributed by atoms with Crippen molar-refractivity contribution in [2.45, 2.75) is 316 Å². The number of ether oxygens (including phenoxy) is 2. The van der Waals surface area contributed by atoms with Gasteiger partial charge in [0.15, 0.2) is 0 Å². The van der Waals surface area contributed by atoms with Crippen molar-refractivity contribution < 1.29 is 19.1 Å². The van der Waals surface area contributed by atoms with Crippen LogP contribution in [0.5, 0.6) is 0 Å². The molecule has 0 rings (SSSR count). The van der Waals surface area contributed by atoms with Crippen molar-refractivity contribution in [1.29, 1.82) is 0 Å². The van der Waals surface area contributed by atoms with Crippen molar-refractivity contribution in [3.05, 3.63) is 11.6 Å². The smallest absolute Gasteiger partial charge is 0.333 e. The third-order valence-electron chi connectivity index (χ3n) is 12.6. The molecule has 0 aliphatic rings. The Balaban J connectivity index is 3.37.